The number of fused-ring (bicyclic) bond motifs is 1. The zero-order valence-corrected chi connectivity index (χ0v) is 27.6. The first-order valence-corrected chi connectivity index (χ1v) is 18.3. The monoisotopic (exact) mass is 678 g/mol. The van der Waals surface area contributed by atoms with Crippen LogP contribution < -0.4 is 4.74 Å². The number of carboxylic acids is 1. The van der Waals surface area contributed by atoms with Gasteiger partial charge in [-0.1, -0.05) is 40.5 Å². The second-order valence-electron chi connectivity index (χ2n) is 13.1. The Morgan fingerprint density at radius 2 is 1.83 bits per heavy atom. The summed E-state index contributed by atoms with van der Waals surface area (Å²) in [4.78, 5) is 24.4. The number of ketones is 1. The van der Waals surface area contributed by atoms with Crippen LogP contribution in [0.1, 0.15) is 65.3 Å². The average Bonchev–Trinajstić information content (AvgIpc) is 3.05. The van der Waals surface area contributed by atoms with E-state index < -0.39 is 54.3 Å². The molecule has 0 unspecified atom stereocenters. The van der Waals surface area contributed by atoms with Crippen molar-refractivity contribution in [3.05, 3.63) is 34.9 Å². The zero-order chi connectivity index (χ0) is 32.7. The van der Waals surface area contributed by atoms with E-state index in [1.165, 1.54) is 29.9 Å². The molecule has 46 heavy (non-hydrogen) atoms. The highest BCUT2D eigenvalue weighted by atomic mass is 33.1. The second-order valence-corrected chi connectivity index (χ2v) is 15.5. The fourth-order valence-electron chi connectivity index (χ4n) is 8.32. The Balaban J connectivity index is 1.32. The molecule has 3 saturated heterocycles. The van der Waals surface area contributed by atoms with Gasteiger partial charge in [0, 0.05) is 12.4 Å². The van der Waals surface area contributed by atoms with E-state index in [9.17, 15) is 35.1 Å². The number of phenolic OH excluding ortho intramolecular Hbond substituents is 1. The van der Waals surface area contributed by atoms with Crippen molar-refractivity contribution < 1.29 is 54.1 Å². The van der Waals surface area contributed by atoms with Crippen LogP contribution in [0, 0.1) is 30.6 Å². The van der Waals surface area contributed by atoms with Gasteiger partial charge in [-0.05, 0) is 79.9 Å². The number of hydrogen-bond acceptors (Lipinski definition) is 12. The number of Topliss-reactive ketones (excluding diaryl/α,β-unsaturated/α-hetero) is 1. The number of aryl methyl sites for hydroxylation is 1. The van der Waals surface area contributed by atoms with Gasteiger partial charge < -0.3 is 44.5 Å². The summed E-state index contributed by atoms with van der Waals surface area (Å²) in [5.41, 5.74) is -1.09. The first-order chi connectivity index (χ1) is 22.1. The van der Waals surface area contributed by atoms with E-state index in [4.69, 9.17) is 18.9 Å². The number of aliphatic hydroxyl groups excluding tert-OH is 3. The first kappa shape index (κ1) is 33.8. The molecule has 252 valence electrons. The lowest BCUT2D eigenvalue weighted by Crippen LogP contribution is -2.69. The van der Waals surface area contributed by atoms with Gasteiger partial charge in [0.15, 0.2) is 5.78 Å². The molecule has 11 nitrogen and oxygen atoms in total. The molecule has 5 N–H and O–H groups in total. The minimum Gasteiger partial charge on any atom is -0.506 e. The van der Waals surface area contributed by atoms with Crippen LogP contribution in [-0.4, -0.2) is 99.0 Å². The molecular formula is C33H42O11S2. The molecule has 3 aliphatic heterocycles. The smallest absolute Gasteiger partial charge is 0.335 e. The maximum absolute atomic E-state index is 12.4. The van der Waals surface area contributed by atoms with Crippen molar-refractivity contribution in [1.29, 1.82) is 0 Å². The quantitative estimate of drug-likeness (QED) is 0.226. The molecule has 0 bridgehead atoms. The van der Waals surface area contributed by atoms with Crippen molar-refractivity contribution in [3.8, 4) is 11.5 Å². The van der Waals surface area contributed by atoms with Gasteiger partial charge >= 0.3 is 5.97 Å². The predicted molar refractivity (Wildman–Crippen MR) is 172 cm³/mol. The van der Waals surface area contributed by atoms with Crippen LogP contribution in [0.25, 0.3) is 10.8 Å². The Kier molecular flexibility index (Phi) is 10.1. The number of carbonyl (C=O) groups is 2. The number of carbonyl (C=O) groups excluding carboxylic acids is 1. The normalized spacial score (nSPS) is 35.2. The van der Waals surface area contributed by atoms with Crippen molar-refractivity contribution in [2.75, 3.05) is 31.5 Å². The molecule has 2 aromatic rings. The standard InChI is InChI=1S/C33H42O11S2/c1-16-8-20-9-21(31(39)40)10-23(27(20)28(36)25(16)17(2)35)43-32-29(37)30(38)33(24(11-34)44-32)7-6-18-4-3-5-19-12-41-13-22(26(18)19)14-45-46-15-42-33/h8-10,18-19,22,24,26,29-30,32,34,36-38H,3-7,11-15H2,1-2H3,(H,39,40)/t18-,19+,22-,24+,26-,29+,30+,32-,33-/m0/s1. The number of carboxylic acid groups (broad SMARTS) is 1. The van der Waals surface area contributed by atoms with E-state index in [0.29, 0.717) is 47.5 Å². The Labute approximate surface area is 275 Å². The molecule has 4 fully saturated rings. The van der Waals surface area contributed by atoms with Crippen LogP contribution in [0.15, 0.2) is 18.2 Å². The lowest BCUT2D eigenvalue weighted by Gasteiger charge is -2.51. The lowest BCUT2D eigenvalue weighted by atomic mass is 9.63. The minimum atomic E-state index is -1.66. The number of ether oxygens (including phenoxy) is 4. The summed E-state index contributed by atoms with van der Waals surface area (Å²) in [6, 6.07) is 4.10. The third kappa shape index (κ3) is 6.13. The van der Waals surface area contributed by atoms with E-state index in [0.717, 1.165) is 38.2 Å². The first-order valence-electron chi connectivity index (χ1n) is 15.9. The third-order valence-electron chi connectivity index (χ3n) is 10.4. The van der Waals surface area contributed by atoms with Crippen molar-refractivity contribution in [1.82, 2.24) is 0 Å². The summed E-state index contributed by atoms with van der Waals surface area (Å²) < 4.78 is 24.6. The van der Waals surface area contributed by atoms with Gasteiger partial charge in [-0.2, -0.15) is 0 Å². The van der Waals surface area contributed by atoms with Gasteiger partial charge in [-0.25, -0.2) is 4.79 Å². The second kappa shape index (κ2) is 13.8. The molecule has 1 saturated carbocycles. The highest BCUT2D eigenvalue weighted by Gasteiger charge is 2.58. The van der Waals surface area contributed by atoms with Crippen LogP contribution in [0.5, 0.6) is 11.5 Å². The SMILES string of the molecule is CC(=O)c1c(C)cc2cc(C(=O)O)cc(O[C@H]3O[C@H](CO)[C@@]4(CC[C@@H]5CCC[C@@H]6COC[C@@H](CSSCO4)[C@@H]56)[C@H](O)[C@H]3O)c2c1O. The van der Waals surface area contributed by atoms with Crippen molar-refractivity contribution in [2.24, 2.45) is 23.7 Å². The average molecular weight is 679 g/mol. The number of rotatable bonds is 5. The van der Waals surface area contributed by atoms with Crippen LogP contribution >= 0.6 is 21.6 Å². The molecule has 6 rings (SSSR count). The van der Waals surface area contributed by atoms with E-state index in [2.05, 4.69) is 0 Å². The predicted octanol–water partition coefficient (Wildman–Crippen LogP) is 4.14. The largest absolute Gasteiger partial charge is 0.506 e. The Morgan fingerprint density at radius 1 is 1.07 bits per heavy atom. The van der Waals surface area contributed by atoms with Gasteiger partial charge in [0.05, 0.1) is 29.7 Å². The molecule has 2 aromatic carbocycles. The molecule has 3 heterocycles. The van der Waals surface area contributed by atoms with Crippen molar-refractivity contribution in [2.45, 2.75) is 76.2 Å². The highest BCUT2D eigenvalue weighted by Crippen LogP contribution is 2.49. The number of aliphatic hydroxyl groups is 3. The maximum Gasteiger partial charge on any atom is 0.335 e. The topological polar surface area (TPSA) is 172 Å². The van der Waals surface area contributed by atoms with Crippen LogP contribution in [-0.2, 0) is 14.2 Å². The molecule has 4 aliphatic rings. The summed E-state index contributed by atoms with van der Waals surface area (Å²) in [7, 11) is 3.21. The molecule has 13 heteroatoms. The Bertz CT molecular complexity index is 1460. The Morgan fingerprint density at radius 3 is 2.57 bits per heavy atom. The van der Waals surface area contributed by atoms with Gasteiger partial charge in [0.25, 0.3) is 0 Å². The number of phenols is 1. The number of benzene rings is 2. The Hall–Kier alpha value is -2.10. The van der Waals surface area contributed by atoms with Gasteiger partial charge in [-0.15, -0.1) is 0 Å². The van der Waals surface area contributed by atoms with Gasteiger partial charge in [-0.3, -0.25) is 4.79 Å². The molecule has 0 radical (unpaired) electrons. The van der Waals surface area contributed by atoms with Crippen LogP contribution in [0.2, 0.25) is 0 Å². The summed E-state index contributed by atoms with van der Waals surface area (Å²) >= 11 is 0. The van der Waals surface area contributed by atoms with E-state index in [1.807, 2.05) is 0 Å². The van der Waals surface area contributed by atoms with Crippen molar-refractivity contribution >= 4 is 44.1 Å². The fraction of sp³-hybridized carbons (Fsp3) is 0.636. The van der Waals surface area contributed by atoms with E-state index >= 15 is 0 Å². The highest BCUT2D eigenvalue weighted by molar-refractivity contribution is 8.76. The fourth-order valence-corrected chi connectivity index (χ4v) is 10.4. The summed E-state index contributed by atoms with van der Waals surface area (Å²) in [5.74, 6) is 0.711. The van der Waals surface area contributed by atoms with Crippen LogP contribution in [0.4, 0.5) is 0 Å². The molecule has 1 spiro atoms. The summed E-state index contributed by atoms with van der Waals surface area (Å²) in [5, 5.41) is 55.3. The maximum atomic E-state index is 12.4. The molecule has 0 aromatic heterocycles. The number of hydrogen-bond donors (Lipinski definition) is 5. The molecule has 0 amide bonds. The number of aromatic carboxylic acids is 1. The molecule has 9 atom stereocenters. The van der Waals surface area contributed by atoms with Gasteiger partial charge in [0.1, 0.15) is 41.4 Å². The zero-order valence-electron chi connectivity index (χ0n) is 25.9. The van der Waals surface area contributed by atoms with E-state index in [-0.39, 0.29) is 28.2 Å². The third-order valence-corrected chi connectivity index (χ3v) is 12.6. The van der Waals surface area contributed by atoms with E-state index in [1.54, 1.807) is 23.8 Å². The minimum absolute atomic E-state index is 0.0515. The summed E-state index contributed by atoms with van der Waals surface area (Å²) in [6.45, 7) is 3.90. The lowest BCUT2D eigenvalue weighted by molar-refractivity contribution is -0.322. The molecular weight excluding hydrogens is 636 g/mol. The number of aromatic hydroxyl groups is 1. The van der Waals surface area contributed by atoms with Crippen molar-refractivity contribution in [3.63, 3.8) is 0 Å². The van der Waals surface area contributed by atoms with Gasteiger partial charge in [0.2, 0.25) is 6.29 Å². The van der Waals surface area contributed by atoms with Crippen LogP contribution in [0.3, 0.4) is 0 Å². The molecule has 1 aliphatic carbocycles. The summed E-state index contributed by atoms with van der Waals surface area (Å²) in [6.07, 6.45) is -1.50.